The number of hydrogen-bond acceptors (Lipinski definition) is 9. The molecule has 10 nitrogen and oxygen atoms in total. The lowest BCUT2D eigenvalue weighted by atomic mass is 9.57. The fourth-order valence-electron chi connectivity index (χ4n) is 7.54. The summed E-state index contributed by atoms with van der Waals surface area (Å²) in [4.78, 5) is 43.3. The number of aliphatic hydroxyl groups is 3. The largest absolute Gasteiger partial charge is 0.508 e. The molecule has 0 bridgehead atoms. The fraction of sp³-hybridized carbons (Fsp3) is 0.441. The van der Waals surface area contributed by atoms with Crippen LogP contribution in [0.4, 0.5) is 0 Å². The van der Waals surface area contributed by atoms with Crippen molar-refractivity contribution in [3.63, 3.8) is 0 Å². The maximum absolute atomic E-state index is 14.0. The molecule has 4 aliphatic carbocycles. The van der Waals surface area contributed by atoms with Gasteiger partial charge in [0, 0.05) is 36.1 Å². The van der Waals surface area contributed by atoms with Gasteiger partial charge in [-0.25, -0.2) is 0 Å². The van der Waals surface area contributed by atoms with Crippen LogP contribution in [0.2, 0.25) is 5.02 Å². The number of carbonyl (C=O) groups excluding carboxylic acids is 3. The molecular weight excluding hydrogens is 598 g/mol. The molecule has 0 saturated heterocycles. The highest BCUT2D eigenvalue weighted by atomic mass is 35.5. The Hall–Kier alpha value is -3.70. The second-order valence-electron chi connectivity index (χ2n) is 13.1. The van der Waals surface area contributed by atoms with E-state index in [0.29, 0.717) is 28.6 Å². The Kier molecular flexibility index (Phi) is 8.06. The Morgan fingerprint density at radius 2 is 1.80 bits per heavy atom. The monoisotopic (exact) mass is 635 g/mol. The number of carbonyl (C=O) groups is 3. The maximum atomic E-state index is 14.0. The number of ketones is 2. The van der Waals surface area contributed by atoms with Gasteiger partial charge in [0.15, 0.2) is 11.4 Å². The molecule has 2 saturated carbocycles. The topological polar surface area (TPSA) is 165 Å². The van der Waals surface area contributed by atoms with Crippen molar-refractivity contribution in [2.24, 2.45) is 23.5 Å². The van der Waals surface area contributed by atoms with Gasteiger partial charge in [-0.05, 0) is 80.8 Å². The number of aromatic hydroxyl groups is 1. The first-order valence-corrected chi connectivity index (χ1v) is 15.7. The second-order valence-corrected chi connectivity index (χ2v) is 13.5. The molecule has 2 fully saturated rings. The first-order valence-electron chi connectivity index (χ1n) is 15.3. The highest BCUT2D eigenvalue weighted by Gasteiger charge is 2.64. The van der Waals surface area contributed by atoms with Gasteiger partial charge in [0.1, 0.15) is 22.8 Å². The third-order valence-electron chi connectivity index (χ3n) is 9.90. The lowest BCUT2D eigenvalue weighted by Gasteiger charge is -2.50. The highest BCUT2D eigenvalue weighted by Crippen LogP contribution is 2.53. The second kappa shape index (κ2) is 11.6. The summed E-state index contributed by atoms with van der Waals surface area (Å²) >= 11 is 7.02. The molecule has 0 aliphatic heterocycles. The Bertz CT molecular complexity index is 1650. The minimum absolute atomic E-state index is 0.00179. The van der Waals surface area contributed by atoms with Gasteiger partial charge < -0.3 is 26.2 Å². The van der Waals surface area contributed by atoms with Crippen LogP contribution in [-0.4, -0.2) is 86.5 Å². The molecule has 0 heterocycles. The van der Waals surface area contributed by atoms with Crippen molar-refractivity contribution < 1.29 is 34.8 Å². The molecule has 4 aliphatic rings. The number of nitrogens with two attached hydrogens (primary N) is 1. The van der Waals surface area contributed by atoms with E-state index in [2.05, 4.69) is 17.0 Å². The molecule has 1 amide bonds. The lowest BCUT2D eigenvalue weighted by Crippen LogP contribution is -2.65. The van der Waals surface area contributed by atoms with Gasteiger partial charge in [0.25, 0.3) is 5.91 Å². The number of halogens is 1. The Labute approximate surface area is 266 Å². The minimum Gasteiger partial charge on any atom is -0.508 e. The first kappa shape index (κ1) is 31.3. The number of amides is 1. The zero-order valence-corrected chi connectivity index (χ0v) is 26.0. The lowest BCUT2D eigenvalue weighted by molar-refractivity contribution is -0.153. The van der Waals surface area contributed by atoms with E-state index in [-0.39, 0.29) is 29.7 Å². The number of Topliss-reactive ketones (excluding diaryl/α,β-unsaturated/α-hetero) is 2. The van der Waals surface area contributed by atoms with Crippen LogP contribution in [0.15, 0.2) is 53.3 Å². The average Bonchev–Trinajstić information content (AvgIpc) is 3.80. The summed E-state index contributed by atoms with van der Waals surface area (Å²) in [5.74, 6) is -6.21. The molecule has 4 atom stereocenters. The van der Waals surface area contributed by atoms with Gasteiger partial charge in [-0.3, -0.25) is 24.2 Å². The van der Waals surface area contributed by atoms with Crippen molar-refractivity contribution in [2.75, 3.05) is 27.2 Å². The number of phenols is 1. The van der Waals surface area contributed by atoms with Crippen LogP contribution >= 0.6 is 11.6 Å². The third kappa shape index (κ3) is 5.23. The van der Waals surface area contributed by atoms with Gasteiger partial charge in [-0.1, -0.05) is 41.9 Å². The van der Waals surface area contributed by atoms with Gasteiger partial charge in [-0.15, -0.1) is 0 Å². The molecule has 0 radical (unpaired) electrons. The van der Waals surface area contributed by atoms with Crippen molar-refractivity contribution in [2.45, 2.75) is 50.3 Å². The molecule has 238 valence electrons. The molecule has 11 heteroatoms. The number of hydrogen-bond donors (Lipinski definition) is 5. The number of rotatable bonds is 9. The van der Waals surface area contributed by atoms with E-state index in [9.17, 15) is 34.8 Å². The smallest absolute Gasteiger partial charge is 0.255 e. The van der Waals surface area contributed by atoms with E-state index in [1.807, 2.05) is 18.2 Å². The zero-order chi connectivity index (χ0) is 32.4. The SMILES string of the molecule is CN(C)[C@@H]1C(=O)C(C(N)=O)=C(O)[C@@]2(O)C(=O)C3=C(O)c4c(O)cc(CN(CCc5ccccc5)CC5CC5)c(Cl)c4C[C@H]3C[C@@H]12. The number of primary amides is 1. The van der Waals surface area contributed by atoms with Crippen molar-refractivity contribution in [3.8, 4) is 5.75 Å². The first-order chi connectivity index (χ1) is 21.3. The van der Waals surface area contributed by atoms with Gasteiger partial charge in [0.05, 0.1) is 11.6 Å². The van der Waals surface area contributed by atoms with E-state index in [1.54, 1.807) is 14.1 Å². The molecular formula is C34H38ClN3O7. The molecule has 45 heavy (non-hydrogen) atoms. The molecule has 0 aromatic heterocycles. The molecule has 2 aromatic carbocycles. The summed E-state index contributed by atoms with van der Waals surface area (Å²) in [6.45, 7) is 2.18. The van der Waals surface area contributed by atoms with Crippen molar-refractivity contribution >= 4 is 34.8 Å². The Balaban J connectivity index is 1.37. The summed E-state index contributed by atoms with van der Waals surface area (Å²) in [5, 5.41) is 45.9. The minimum atomic E-state index is -2.67. The number of likely N-dealkylation sites (N-methyl/N-ethyl adjacent to an activating group) is 1. The van der Waals surface area contributed by atoms with Crippen LogP contribution in [0.25, 0.3) is 5.76 Å². The molecule has 0 spiro atoms. The third-order valence-corrected chi connectivity index (χ3v) is 10.4. The molecule has 6 N–H and O–H groups in total. The van der Waals surface area contributed by atoms with Gasteiger partial charge in [0.2, 0.25) is 5.78 Å². The normalized spacial score (nSPS) is 26.3. The fourth-order valence-corrected chi connectivity index (χ4v) is 7.82. The predicted octanol–water partition coefficient (Wildman–Crippen LogP) is 3.07. The number of nitrogens with zero attached hydrogens (tertiary/aromatic N) is 2. The van der Waals surface area contributed by atoms with Crippen LogP contribution in [0.5, 0.6) is 5.75 Å². The van der Waals surface area contributed by atoms with E-state index in [4.69, 9.17) is 17.3 Å². The summed E-state index contributed by atoms with van der Waals surface area (Å²) in [6, 6.07) is 10.6. The quantitative estimate of drug-likeness (QED) is 0.260. The standard InChI is InChI=1S/C34H38ClN3O7/c1-37(2)28-22-13-19-12-21-25(29(40)24(19)31(42)34(22,45)32(43)26(30(28)41)33(36)44)23(39)14-20(27(21)35)16-38(15-18-8-9-18)11-10-17-6-4-3-5-7-17/h3-7,14,18-19,22,28,39-40,43,45H,8-13,15-16H2,1-2H3,(H2,36,44)/t19-,22-,28-,34-/m0/s1. The summed E-state index contributed by atoms with van der Waals surface area (Å²) < 4.78 is 0. The molecule has 6 rings (SSSR count). The van der Waals surface area contributed by atoms with Crippen molar-refractivity contribution in [3.05, 3.63) is 80.6 Å². The van der Waals surface area contributed by atoms with Crippen LogP contribution in [-0.2, 0) is 33.8 Å². The summed E-state index contributed by atoms with van der Waals surface area (Å²) in [5.41, 5.74) is 4.08. The van der Waals surface area contributed by atoms with Crippen LogP contribution in [0.1, 0.15) is 41.5 Å². The predicted molar refractivity (Wildman–Crippen MR) is 167 cm³/mol. The van der Waals surface area contributed by atoms with Crippen LogP contribution in [0.3, 0.4) is 0 Å². The number of aliphatic hydroxyl groups excluding tert-OH is 2. The number of fused-ring (bicyclic) bond motifs is 3. The summed E-state index contributed by atoms with van der Waals surface area (Å²) in [7, 11) is 3.14. The number of benzene rings is 2. The Morgan fingerprint density at radius 1 is 1.11 bits per heavy atom. The molecule has 2 aromatic rings. The van der Waals surface area contributed by atoms with Crippen LogP contribution in [0, 0.1) is 17.8 Å². The van der Waals surface area contributed by atoms with Gasteiger partial charge >= 0.3 is 0 Å². The van der Waals surface area contributed by atoms with Crippen molar-refractivity contribution in [1.29, 1.82) is 0 Å². The summed E-state index contributed by atoms with van der Waals surface area (Å²) in [6.07, 6.45) is 3.38. The van der Waals surface area contributed by atoms with Crippen molar-refractivity contribution in [1.82, 2.24) is 9.80 Å². The van der Waals surface area contributed by atoms with E-state index in [0.717, 1.165) is 19.5 Å². The zero-order valence-electron chi connectivity index (χ0n) is 25.3. The van der Waals surface area contributed by atoms with Crippen LogP contribution < -0.4 is 5.73 Å². The Morgan fingerprint density at radius 3 is 2.42 bits per heavy atom. The molecule has 0 unspecified atom stereocenters. The van der Waals surface area contributed by atoms with Gasteiger partial charge in [-0.2, -0.15) is 0 Å². The van der Waals surface area contributed by atoms with E-state index >= 15 is 0 Å². The maximum Gasteiger partial charge on any atom is 0.255 e. The van der Waals surface area contributed by atoms with E-state index < -0.39 is 58.0 Å². The number of phenolic OH excluding ortho intramolecular Hbond substituents is 1. The highest BCUT2D eigenvalue weighted by molar-refractivity contribution is 6.32. The van der Waals surface area contributed by atoms with E-state index in [1.165, 1.54) is 29.4 Å². The average molecular weight is 636 g/mol.